The number of hydrogen-bond donors (Lipinski definition) is 1. The molecule has 25 heavy (non-hydrogen) atoms. The Labute approximate surface area is 149 Å². The molecule has 0 unspecified atom stereocenters. The maximum Gasteiger partial charge on any atom is 0.273 e. The Hall–Kier alpha value is -2.80. The van der Waals surface area contributed by atoms with Crippen molar-refractivity contribution in [1.29, 1.82) is 0 Å². The Morgan fingerprint density at radius 3 is 2.52 bits per heavy atom. The maximum atomic E-state index is 12.0. The van der Waals surface area contributed by atoms with Gasteiger partial charge in [-0.05, 0) is 30.7 Å². The largest absolute Gasteiger partial charge is 0.493 e. The normalized spacial score (nSPS) is 11.5. The quantitative estimate of drug-likeness (QED) is 0.599. The molecule has 7 nitrogen and oxygen atoms in total. The summed E-state index contributed by atoms with van der Waals surface area (Å²) in [5.41, 5.74) is 0.747. The number of rotatable bonds is 7. The number of ether oxygens (including phenoxy) is 2. The molecule has 1 amide bonds. The number of non-ortho nitro benzene ring substituents is 1. The first-order chi connectivity index (χ1) is 11.9. The summed E-state index contributed by atoms with van der Waals surface area (Å²) in [4.78, 5) is 22.3. The summed E-state index contributed by atoms with van der Waals surface area (Å²) in [6, 6.07) is 10.8. The molecule has 0 radical (unpaired) electrons. The van der Waals surface area contributed by atoms with Crippen LogP contribution in [0.25, 0.3) is 0 Å². The van der Waals surface area contributed by atoms with Gasteiger partial charge < -0.3 is 14.8 Å². The number of nitrogens with zero attached hydrogens (tertiary/aromatic N) is 1. The van der Waals surface area contributed by atoms with Gasteiger partial charge in [0.15, 0.2) is 18.1 Å². The maximum absolute atomic E-state index is 12.0. The van der Waals surface area contributed by atoms with Gasteiger partial charge in [0, 0.05) is 11.1 Å². The van der Waals surface area contributed by atoms with Crippen molar-refractivity contribution in [3.8, 4) is 11.5 Å². The number of halogens is 1. The molecule has 0 bridgehead atoms. The predicted octanol–water partition coefficient (Wildman–Crippen LogP) is 3.51. The lowest BCUT2D eigenvalue weighted by atomic mass is 10.1. The first-order valence-electron chi connectivity index (χ1n) is 7.40. The third-order valence-electron chi connectivity index (χ3n) is 3.46. The summed E-state index contributed by atoms with van der Waals surface area (Å²) in [7, 11) is 1.41. The van der Waals surface area contributed by atoms with Crippen LogP contribution >= 0.6 is 11.6 Å². The standard InChI is InChI=1S/C17H17ClN2O5/c1-11(12-3-5-13(18)6-4-12)19-17(21)10-25-16-9-14(20(22)23)7-8-15(16)24-2/h3-9,11H,10H2,1-2H3,(H,19,21)/t11-/m0/s1. The first kappa shape index (κ1) is 18.5. The molecule has 0 aliphatic heterocycles. The molecular weight excluding hydrogens is 348 g/mol. The van der Waals surface area contributed by atoms with Crippen LogP contribution in [0, 0.1) is 10.1 Å². The molecule has 132 valence electrons. The van der Waals surface area contributed by atoms with E-state index >= 15 is 0 Å². The van der Waals surface area contributed by atoms with Gasteiger partial charge in [0.25, 0.3) is 11.6 Å². The van der Waals surface area contributed by atoms with Gasteiger partial charge in [-0.1, -0.05) is 23.7 Å². The molecule has 2 aromatic rings. The highest BCUT2D eigenvalue weighted by Crippen LogP contribution is 2.31. The van der Waals surface area contributed by atoms with Gasteiger partial charge in [-0.15, -0.1) is 0 Å². The zero-order chi connectivity index (χ0) is 18.4. The molecule has 2 rings (SSSR count). The van der Waals surface area contributed by atoms with Gasteiger partial charge in [-0.2, -0.15) is 0 Å². The number of nitrogens with one attached hydrogen (secondary N) is 1. The molecule has 0 aliphatic rings. The van der Waals surface area contributed by atoms with Gasteiger partial charge in [0.1, 0.15) is 0 Å². The summed E-state index contributed by atoms with van der Waals surface area (Å²) < 4.78 is 10.5. The van der Waals surface area contributed by atoms with Crippen LogP contribution < -0.4 is 14.8 Å². The lowest BCUT2D eigenvalue weighted by molar-refractivity contribution is -0.385. The van der Waals surface area contributed by atoms with Crippen molar-refractivity contribution in [3.05, 3.63) is 63.2 Å². The Morgan fingerprint density at radius 1 is 1.24 bits per heavy atom. The van der Waals surface area contributed by atoms with E-state index in [4.69, 9.17) is 21.1 Å². The van der Waals surface area contributed by atoms with E-state index in [9.17, 15) is 14.9 Å². The van der Waals surface area contributed by atoms with Crippen LogP contribution in [0.4, 0.5) is 5.69 Å². The molecule has 2 aromatic carbocycles. The van der Waals surface area contributed by atoms with Crippen molar-refractivity contribution < 1.29 is 19.2 Å². The summed E-state index contributed by atoms with van der Waals surface area (Å²) in [5, 5.41) is 14.2. The summed E-state index contributed by atoms with van der Waals surface area (Å²) in [6.07, 6.45) is 0. The number of hydrogen-bond acceptors (Lipinski definition) is 5. The van der Waals surface area contributed by atoms with E-state index in [0.29, 0.717) is 10.8 Å². The fourth-order valence-corrected chi connectivity index (χ4v) is 2.28. The van der Waals surface area contributed by atoms with Crippen LogP contribution in [-0.4, -0.2) is 24.5 Å². The SMILES string of the molecule is COc1ccc([N+](=O)[O-])cc1OCC(=O)N[C@@H](C)c1ccc(Cl)cc1. The van der Waals surface area contributed by atoms with E-state index in [0.717, 1.165) is 5.56 Å². The highest BCUT2D eigenvalue weighted by atomic mass is 35.5. The molecule has 0 aromatic heterocycles. The van der Waals surface area contributed by atoms with Gasteiger partial charge in [0.05, 0.1) is 24.1 Å². The molecule has 0 aliphatic carbocycles. The molecular formula is C17H17ClN2O5. The van der Waals surface area contributed by atoms with E-state index in [2.05, 4.69) is 5.32 Å². The van der Waals surface area contributed by atoms with Crippen molar-refractivity contribution in [2.45, 2.75) is 13.0 Å². The molecule has 0 fully saturated rings. The predicted molar refractivity (Wildman–Crippen MR) is 93.2 cm³/mol. The van der Waals surface area contributed by atoms with Crippen LogP contribution in [0.3, 0.4) is 0 Å². The lowest BCUT2D eigenvalue weighted by Crippen LogP contribution is -2.31. The second-order valence-corrected chi connectivity index (χ2v) is 5.66. The monoisotopic (exact) mass is 364 g/mol. The second-order valence-electron chi connectivity index (χ2n) is 5.22. The van der Waals surface area contributed by atoms with Crippen molar-refractivity contribution in [1.82, 2.24) is 5.32 Å². The zero-order valence-corrected chi connectivity index (χ0v) is 14.4. The number of carbonyl (C=O) groups is 1. The fraction of sp³-hybridized carbons (Fsp3) is 0.235. The molecule has 1 atom stereocenters. The molecule has 0 saturated heterocycles. The third kappa shape index (κ3) is 5.09. The summed E-state index contributed by atoms with van der Waals surface area (Å²) >= 11 is 5.84. The number of nitro benzene ring substituents is 1. The summed E-state index contributed by atoms with van der Waals surface area (Å²) in [5.74, 6) is 0.0751. The summed E-state index contributed by atoms with van der Waals surface area (Å²) in [6.45, 7) is 1.53. The highest BCUT2D eigenvalue weighted by Gasteiger charge is 2.15. The Morgan fingerprint density at radius 2 is 1.92 bits per heavy atom. The molecule has 0 spiro atoms. The molecule has 0 saturated carbocycles. The van der Waals surface area contributed by atoms with Crippen molar-refractivity contribution in [2.24, 2.45) is 0 Å². The van der Waals surface area contributed by atoms with E-state index in [1.165, 1.54) is 25.3 Å². The van der Waals surface area contributed by atoms with Crippen LogP contribution in [-0.2, 0) is 4.79 Å². The van der Waals surface area contributed by atoms with E-state index in [1.807, 2.05) is 19.1 Å². The van der Waals surface area contributed by atoms with Gasteiger partial charge in [-0.25, -0.2) is 0 Å². The molecule has 1 N–H and O–H groups in total. The first-order valence-corrected chi connectivity index (χ1v) is 7.78. The smallest absolute Gasteiger partial charge is 0.273 e. The molecule has 0 heterocycles. The zero-order valence-electron chi connectivity index (χ0n) is 13.7. The minimum atomic E-state index is -0.547. The van der Waals surface area contributed by atoms with Crippen LogP contribution in [0.1, 0.15) is 18.5 Å². The number of methoxy groups -OCH3 is 1. The Kier molecular flexibility index (Phi) is 6.19. The lowest BCUT2D eigenvalue weighted by Gasteiger charge is -2.15. The van der Waals surface area contributed by atoms with Crippen LogP contribution in [0.2, 0.25) is 5.02 Å². The van der Waals surface area contributed by atoms with E-state index < -0.39 is 4.92 Å². The van der Waals surface area contributed by atoms with E-state index in [1.54, 1.807) is 12.1 Å². The minimum Gasteiger partial charge on any atom is -0.493 e. The Bertz CT molecular complexity index is 764. The van der Waals surface area contributed by atoms with Gasteiger partial charge in [0.2, 0.25) is 0 Å². The number of amides is 1. The van der Waals surface area contributed by atoms with Crippen LogP contribution in [0.5, 0.6) is 11.5 Å². The number of nitro groups is 1. The van der Waals surface area contributed by atoms with Crippen LogP contribution in [0.15, 0.2) is 42.5 Å². The minimum absolute atomic E-state index is 0.131. The third-order valence-corrected chi connectivity index (χ3v) is 3.72. The van der Waals surface area contributed by atoms with Crippen molar-refractivity contribution >= 4 is 23.2 Å². The average molecular weight is 365 g/mol. The van der Waals surface area contributed by atoms with Gasteiger partial charge in [-0.3, -0.25) is 14.9 Å². The number of benzene rings is 2. The second kappa shape index (κ2) is 8.34. The topological polar surface area (TPSA) is 90.7 Å². The van der Waals surface area contributed by atoms with Gasteiger partial charge >= 0.3 is 0 Å². The average Bonchev–Trinajstić information content (AvgIpc) is 2.60. The van der Waals surface area contributed by atoms with Crippen molar-refractivity contribution in [2.75, 3.05) is 13.7 Å². The fourth-order valence-electron chi connectivity index (χ4n) is 2.15. The van der Waals surface area contributed by atoms with Crippen molar-refractivity contribution in [3.63, 3.8) is 0 Å². The Balaban J connectivity index is 1.98. The van der Waals surface area contributed by atoms with E-state index in [-0.39, 0.29) is 30.0 Å². The molecule has 8 heteroatoms. The highest BCUT2D eigenvalue weighted by molar-refractivity contribution is 6.30. The number of carbonyl (C=O) groups excluding carboxylic acids is 1.